The molecule has 1 aromatic heterocycles. The molecule has 0 bridgehead atoms. The highest BCUT2D eigenvalue weighted by molar-refractivity contribution is 6.32. The normalized spacial score (nSPS) is 11.9. The first kappa shape index (κ1) is 17.1. The van der Waals surface area contributed by atoms with Gasteiger partial charge in [0.2, 0.25) is 5.88 Å². The van der Waals surface area contributed by atoms with Gasteiger partial charge in [0.05, 0.1) is 17.8 Å². The van der Waals surface area contributed by atoms with Gasteiger partial charge in [-0.15, -0.1) is 0 Å². The van der Waals surface area contributed by atoms with E-state index in [4.69, 9.17) is 21.1 Å². The summed E-state index contributed by atoms with van der Waals surface area (Å²) in [6.45, 7) is 3.67. The van der Waals surface area contributed by atoms with Gasteiger partial charge in [0.1, 0.15) is 11.4 Å². The SMILES string of the molecule is CCC(Oc1ccccc1Cl)C(=O)Nc1c(C)nn(C)c1OC. The minimum absolute atomic E-state index is 0.276. The van der Waals surface area contributed by atoms with Crippen LogP contribution in [0.2, 0.25) is 5.02 Å². The molecule has 1 amide bonds. The van der Waals surface area contributed by atoms with Gasteiger partial charge in [-0.3, -0.25) is 4.79 Å². The molecule has 1 heterocycles. The Morgan fingerprint density at radius 3 is 2.74 bits per heavy atom. The third-order valence-electron chi connectivity index (χ3n) is 3.38. The number of para-hydroxylation sites is 1. The van der Waals surface area contributed by atoms with Crippen LogP contribution < -0.4 is 14.8 Å². The Morgan fingerprint density at radius 2 is 2.13 bits per heavy atom. The van der Waals surface area contributed by atoms with Gasteiger partial charge >= 0.3 is 0 Å². The number of amides is 1. The van der Waals surface area contributed by atoms with E-state index in [0.717, 1.165) is 0 Å². The second-order valence-electron chi connectivity index (χ2n) is 5.03. The number of hydrogen-bond acceptors (Lipinski definition) is 4. The number of benzene rings is 1. The van der Waals surface area contributed by atoms with Crippen LogP contribution in [0.4, 0.5) is 5.69 Å². The van der Waals surface area contributed by atoms with Crippen molar-refractivity contribution in [2.75, 3.05) is 12.4 Å². The fraction of sp³-hybridized carbons (Fsp3) is 0.375. The monoisotopic (exact) mass is 337 g/mol. The summed E-state index contributed by atoms with van der Waals surface area (Å²) in [5.74, 6) is 0.691. The number of aryl methyl sites for hydroxylation is 2. The number of methoxy groups -OCH3 is 1. The number of ether oxygens (including phenoxy) is 2. The summed E-state index contributed by atoms with van der Waals surface area (Å²) >= 11 is 6.08. The first-order chi connectivity index (χ1) is 11.0. The molecule has 2 aromatic rings. The lowest BCUT2D eigenvalue weighted by Crippen LogP contribution is -2.32. The second-order valence-corrected chi connectivity index (χ2v) is 5.43. The van der Waals surface area contributed by atoms with E-state index in [0.29, 0.717) is 34.5 Å². The third-order valence-corrected chi connectivity index (χ3v) is 3.69. The van der Waals surface area contributed by atoms with E-state index in [1.54, 1.807) is 42.9 Å². The van der Waals surface area contributed by atoms with Gasteiger partial charge < -0.3 is 14.8 Å². The van der Waals surface area contributed by atoms with Crippen molar-refractivity contribution in [3.05, 3.63) is 35.0 Å². The van der Waals surface area contributed by atoms with E-state index in [1.165, 1.54) is 7.11 Å². The van der Waals surface area contributed by atoms with Crippen molar-refractivity contribution in [1.29, 1.82) is 0 Å². The predicted molar refractivity (Wildman–Crippen MR) is 89.3 cm³/mol. The van der Waals surface area contributed by atoms with Crippen molar-refractivity contribution < 1.29 is 14.3 Å². The number of halogens is 1. The number of nitrogens with one attached hydrogen (secondary N) is 1. The Hall–Kier alpha value is -2.21. The molecule has 0 fully saturated rings. The van der Waals surface area contributed by atoms with E-state index < -0.39 is 6.10 Å². The molecule has 0 saturated carbocycles. The Labute approximate surface area is 140 Å². The van der Waals surface area contributed by atoms with Crippen LogP contribution >= 0.6 is 11.6 Å². The predicted octanol–water partition coefficient (Wildman–Crippen LogP) is 3.19. The van der Waals surface area contributed by atoms with E-state index in [-0.39, 0.29) is 5.91 Å². The summed E-state index contributed by atoms with van der Waals surface area (Å²) in [6.07, 6.45) is -0.169. The van der Waals surface area contributed by atoms with Crippen molar-refractivity contribution in [3.8, 4) is 11.6 Å². The highest BCUT2D eigenvalue weighted by atomic mass is 35.5. The number of nitrogens with zero attached hydrogens (tertiary/aromatic N) is 2. The summed E-state index contributed by atoms with van der Waals surface area (Å²) in [4.78, 5) is 12.5. The molecule has 1 atom stereocenters. The van der Waals surface area contributed by atoms with Gasteiger partial charge in [-0.05, 0) is 25.5 Å². The molecule has 0 aliphatic rings. The van der Waals surface area contributed by atoms with Crippen LogP contribution in [0, 0.1) is 6.92 Å². The molecule has 0 aliphatic carbocycles. The van der Waals surface area contributed by atoms with Crippen molar-refractivity contribution in [3.63, 3.8) is 0 Å². The number of rotatable bonds is 6. The molecule has 0 radical (unpaired) electrons. The summed E-state index contributed by atoms with van der Waals surface area (Å²) in [7, 11) is 3.28. The molecule has 124 valence electrons. The summed E-state index contributed by atoms with van der Waals surface area (Å²) in [6, 6.07) is 7.06. The van der Waals surface area contributed by atoms with Gasteiger partial charge in [-0.2, -0.15) is 5.10 Å². The van der Waals surface area contributed by atoms with Gasteiger partial charge in [0.25, 0.3) is 5.91 Å². The summed E-state index contributed by atoms with van der Waals surface area (Å²) in [5, 5.41) is 7.53. The molecule has 0 saturated heterocycles. The van der Waals surface area contributed by atoms with Crippen molar-refractivity contribution in [2.45, 2.75) is 26.4 Å². The zero-order chi connectivity index (χ0) is 17.0. The quantitative estimate of drug-likeness (QED) is 0.879. The van der Waals surface area contributed by atoms with Gasteiger partial charge in [-0.25, -0.2) is 4.68 Å². The largest absolute Gasteiger partial charge is 0.480 e. The van der Waals surface area contributed by atoms with Gasteiger partial charge in [-0.1, -0.05) is 30.7 Å². The first-order valence-electron chi connectivity index (χ1n) is 7.27. The summed E-state index contributed by atoms with van der Waals surface area (Å²) in [5.41, 5.74) is 1.21. The van der Waals surface area contributed by atoms with E-state index in [9.17, 15) is 4.79 Å². The molecule has 23 heavy (non-hydrogen) atoms. The molecular weight excluding hydrogens is 318 g/mol. The third kappa shape index (κ3) is 3.76. The highest BCUT2D eigenvalue weighted by Crippen LogP contribution is 2.28. The fourth-order valence-corrected chi connectivity index (χ4v) is 2.41. The van der Waals surface area contributed by atoms with Crippen LogP contribution in [-0.2, 0) is 11.8 Å². The van der Waals surface area contributed by atoms with Crippen LogP contribution in [-0.4, -0.2) is 28.9 Å². The Morgan fingerprint density at radius 1 is 1.43 bits per heavy atom. The standard InChI is InChI=1S/C16H20ClN3O3/c1-5-12(23-13-9-7-6-8-11(13)17)15(21)18-14-10(2)19-20(3)16(14)22-4/h6-9,12H,5H2,1-4H3,(H,18,21). The fourth-order valence-electron chi connectivity index (χ4n) is 2.23. The Kier molecular flexibility index (Phi) is 5.50. The first-order valence-corrected chi connectivity index (χ1v) is 7.65. The maximum atomic E-state index is 12.5. The maximum absolute atomic E-state index is 12.5. The zero-order valence-corrected chi connectivity index (χ0v) is 14.3. The Bertz CT molecular complexity index is 700. The Balaban J connectivity index is 2.17. The molecule has 6 nitrogen and oxygen atoms in total. The van der Waals surface area contributed by atoms with Gasteiger partial charge in [0, 0.05) is 7.05 Å². The van der Waals surface area contributed by atoms with Crippen molar-refractivity contribution in [1.82, 2.24) is 9.78 Å². The van der Waals surface area contributed by atoms with Crippen LogP contribution in [0.5, 0.6) is 11.6 Å². The average Bonchev–Trinajstić information content (AvgIpc) is 2.79. The summed E-state index contributed by atoms with van der Waals surface area (Å²) < 4.78 is 12.6. The number of carbonyl (C=O) groups excluding carboxylic acids is 1. The molecule has 1 unspecified atom stereocenters. The van der Waals surface area contributed by atoms with Crippen molar-refractivity contribution >= 4 is 23.2 Å². The van der Waals surface area contributed by atoms with E-state index in [1.807, 2.05) is 6.92 Å². The van der Waals surface area contributed by atoms with Gasteiger partial charge in [0.15, 0.2) is 6.10 Å². The number of aromatic nitrogens is 2. The van der Waals surface area contributed by atoms with Crippen LogP contribution in [0.15, 0.2) is 24.3 Å². The smallest absolute Gasteiger partial charge is 0.265 e. The van der Waals surface area contributed by atoms with Crippen LogP contribution in [0.25, 0.3) is 0 Å². The molecule has 0 aliphatic heterocycles. The van der Waals surface area contributed by atoms with Crippen LogP contribution in [0.1, 0.15) is 19.0 Å². The zero-order valence-electron chi connectivity index (χ0n) is 13.6. The maximum Gasteiger partial charge on any atom is 0.265 e. The minimum atomic E-state index is -0.667. The average molecular weight is 338 g/mol. The number of carbonyl (C=O) groups is 1. The topological polar surface area (TPSA) is 65.4 Å². The molecule has 2 rings (SSSR count). The lowest BCUT2D eigenvalue weighted by atomic mass is 10.2. The minimum Gasteiger partial charge on any atom is -0.480 e. The van der Waals surface area contributed by atoms with E-state index in [2.05, 4.69) is 10.4 Å². The van der Waals surface area contributed by atoms with Crippen molar-refractivity contribution in [2.24, 2.45) is 7.05 Å². The number of anilines is 1. The van der Waals surface area contributed by atoms with Crippen LogP contribution in [0.3, 0.4) is 0 Å². The molecule has 7 heteroatoms. The lowest BCUT2D eigenvalue weighted by molar-refractivity contribution is -0.122. The number of hydrogen-bond donors (Lipinski definition) is 1. The molecular formula is C16H20ClN3O3. The molecule has 1 aromatic carbocycles. The highest BCUT2D eigenvalue weighted by Gasteiger charge is 2.23. The van der Waals surface area contributed by atoms with E-state index >= 15 is 0 Å². The lowest BCUT2D eigenvalue weighted by Gasteiger charge is -2.18. The second kappa shape index (κ2) is 7.37. The molecule has 1 N–H and O–H groups in total. The molecule has 0 spiro atoms.